The van der Waals surface area contributed by atoms with Crippen LogP contribution in [0.25, 0.3) is 0 Å². The normalized spacial score (nSPS) is 12.8. The van der Waals surface area contributed by atoms with E-state index in [4.69, 9.17) is 25.4 Å². The maximum atomic E-state index is 11.4. The summed E-state index contributed by atoms with van der Waals surface area (Å²) in [6, 6.07) is 1.39. The first-order valence-corrected chi connectivity index (χ1v) is 6.71. The van der Waals surface area contributed by atoms with Crippen molar-refractivity contribution in [3.05, 3.63) is 22.7 Å². The van der Waals surface area contributed by atoms with Gasteiger partial charge in [-0.15, -0.1) is 12.4 Å². The Balaban J connectivity index is 0.00000324. The number of nitrogens with zero attached hydrogens (tertiary/aromatic N) is 2. The molecule has 0 bridgehead atoms. The summed E-state index contributed by atoms with van der Waals surface area (Å²) in [4.78, 5) is 32.1. The number of aliphatic hydroxyl groups is 1. The molecule has 0 saturated heterocycles. The van der Waals surface area contributed by atoms with Crippen LogP contribution in [0.1, 0.15) is 0 Å². The minimum absolute atomic E-state index is 0. The average molecular weight is 316 g/mol. The van der Waals surface area contributed by atoms with Gasteiger partial charge in [0, 0.05) is 6.20 Å². The van der Waals surface area contributed by atoms with E-state index in [0.29, 0.717) is 0 Å². The number of nitrogen functional groups attached to an aromatic ring is 1. The summed E-state index contributed by atoms with van der Waals surface area (Å²) in [5, 5.41) is 8.99. The topological polar surface area (TPSA) is 148 Å². The van der Waals surface area contributed by atoms with Crippen LogP contribution in [-0.2, 0) is 15.8 Å². The Morgan fingerprint density at radius 3 is 2.63 bits per heavy atom. The predicted molar refractivity (Wildman–Crippen MR) is 69.0 cm³/mol. The molecule has 0 spiro atoms. The zero-order valence-corrected chi connectivity index (χ0v) is 11.5. The summed E-state index contributed by atoms with van der Waals surface area (Å²) in [5.41, 5.74) is 4.67. The van der Waals surface area contributed by atoms with Gasteiger partial charge in [-0.25, -0.2) is 4.79 Å². The second-order valence-corrected chi connectivity index (χ2v) is 5.14. The fourth-order valence-corrected chi connectivity index (χ4v) is 1.57. The van der Waals surface area contributed by atoms with Gasteiger partial charge in [0.05, 0.1) is 19.3 Å². The van der Waals surface area contributed by atoms with Crippen molar-refractivity contribution in [2.45, 2.75) is 12.6 Å². The Labute approximate surface area is 114 Å². The molecule has 110 valence electrons. The minimum Gasteiger partial charge on any atom is -0.394 e. The molecule has 0 aromatic carbocycles. The van der Waals surface area contributed by atoms with Crippen molar-refractivity contribution in [3.8, 4) is 0 Å². The molecule has 1 heterocycles. The summed E-state index contributed by atoms with van der Waals surface area (Å²) in [7, 11) is -4.31. The maximum Gasteiger partial charge on any atom is 0.350 e. The van der Waals surface area contributed by atoms with Crippen molar-refractivity contribution in [1.82, 2.24) is 9.55 Å². The van der Waals surface area contributed by atoms with Crippen molar-refractivity contribution in [2.24, 2.45) is 0 Å². The van der Waals surface area contributed by atoms with Crippen LogP contribution in [0, 0.1) is 0 Å². The second-order valence-electron chi connectivity index (χ2n) is 3.55. The van der Waals surface area contributed by atoms with Gasteiger partial charge in [-0.1, -0.05) is 0 Å². The smallest absolute Gasteiger partial charge is 0.350 e. The van der Waals surface area contributed by atoms with Crippen molar-refractivity contribution in [2.75, 3.05) is 18.7 Å². The van der Waals surface area contributed by atoms with E-state index in [1.807, 2.05) is 0 Å². The largest absolute Gasteiger partial charge is 0.394 e. The number of hydrogen-bond acceptors (Lipinski definition) is 6. The Morgan fingerprint density at radius 1 is 1.53 bits per heavy atom. The summed E-state index contributed by atoms with van der Waals surface area (Å²) in [6.45, 7) is -0.570. The number of aliphatic hydroxyl groups excluding tert-OH is 1. The van der Waals surface area contributed by atoms with E-state index in [9.17, 15) is 9.36 Å². The van der Waals surface area contributed by atoms with E-state index in [1.165, 1.54) is 12.3 Å². The first-order valence-electron chi connectivity index (χ1n) is 4.92. The van der Waals surface area contributed by atoms with E-state index in [0.717, 1.165) is 4.57 Å². The van der Waals surface area contributed by atoms with Crippen molar-refractivity contribution >= 4 is 25.8 Å². The fourth-order valence-electron chi connectivity index (χ4n) is 1.17. The SMILES string of the molecule is Cl.Nc1ccn(CC(CO)OCP(=O)(O)O)c(=O)n1. The first-order chi connectivity index (χ1) is 8.31. The molecule has 0 aliphatic rings. The fraction of sp³-hybridized carbons (Fsp3) is 0.500. The standard InChI is InChI=1S/C8H14N3O6P.ClH/c9-7-1-2-11(8(13)10-7)3-6(4-12)17-5-18(14,15)16;/h1-2,6,12H,3-5H2,(H2,9,10,13)(H2,14,15,16);1H. The highest BCUT2D eigenvalue weighted by Gasteiger charge is 2.18. The Morgan fingerprint density at radius 2 is 2.16 bits per heavy atom. The molecule has 1 unspecified atom stereocenters. The molecule has 1 rings (SSSR count). The number of anilines is 1. The number of ether oxygens (including phenoxy) is 1. The number of aromatic nitrogens is 2. The Hall–Kier alpha value is -0.960. The number of hydrogen-bond donors (Lipinski definition) is 4. The van der Waals surface area contributed by atoms with Crippen LogP contribution in [0.5, 0.6) is 0 Å². The van der Waals surface area contributed by atoms with Crippen LogP contribution in [0.4, 0.5) is 5.82 Å². The van der Waals surface area contributed by atoms with E-state index in [2.05, 4.69) is 4.98 Å². The average Bonchev–Trinajstić information content (AvgIpc) is 2.25. The van der Waals surface area contributed by atoms with Crippen LogP contribution in [-0.4, -0.2) is 43.5 Å². The van der Waals surface area contributed by atoms with Gasteiger partial charge in [-0.05, 0) is 6.07 Å². The molecular weight excluding hydrogens is 301 g/mol. The van der Waals surface area contributed by atoms with Gasteiger partial charge in [0.25, 0.3) is 0 Å². The lowest BCUT2D eigenvalue weighted by Crippen LogP contribution is -2.32. The van der Waals surface area contributed by atoms with E-state index in [-0.39, 0.29) is 24.8 Å². The summed E-state index contributed by atoms with van der Waals surface area (Å²) < 4.78 is 16.5. The zero-order chi connectivity index (χ0) is 13.8. The molecule has 1 aromatic rings. The van der Waals surface area contributed by atoms with Crippen molar-refractivity contribution < 1.29 is 24.2 Å². The Bertz CT molecular complexity index is 504. The molecule has 0 radical (unpaired) electrons. The second kappa shape index (κ2) is 7.59. The number of halogens is 1. The third-order valence-electron chi connectivity index (χ3n) is 1.98. The first kappa shape index (κ1) is 18.0. The molecule has 5 N–H and O–H groups in total. The predicted octanol–water partition coefficient (Wildman–Crippen LogP) is -1.24. The van der Waals surface area contributed by atoms with Crippen LogP contribution in [0.15, 0.2) is 17.1 Å². The van der Waals surface area contributed by atoms with Gasteiger partial charge < -0.3 is 25.4 Å². The highest BCUT2D eigenvalue weighted by atomic mass is 35.5. The van der Waals surface area contributed by atoms with Gasteiger partial charge in [0.1, 0.15) is 12.2 Å². The summed E-state index contributed by atoms with van der Waals surface area (Å²) >= 11 is 0. The zero-order valence-electron chi connectivity index (χ0n) is 9.75. The Kier molecular flexibility index (Phi) is 7.20. The molecule has 9 nitrogen and oxygen atoms in total. The molecule has 0 aliphatic heterocycles. The minimum atomic E-state index is -4.31. The van der Waals surface area contributed by atoms with Crippen LogP contribution < -0.4 is 11.4 Å². The van der Waals surface area contributed by atoms with Crippen molar-refractivity contribution in [1.29, 1.82) is 0 Å². The third kappa shape index (κ3) is 6.67. The summed E-state index contributed by atoms with van der Waals surface area (Å²) in [5.74, 6) is 0.0629. The van der Waals surface area contributed by atoms with Gasteiger partial charge in [0.2, 0.25) is 0 Å². The van der Waals surface area contributed by atoms with E-state index in [1.54, 1.807) is 0 Å². The lowest BCUT2D eigenvalue weighted by atomic mass is 10.3. The molecular formula is C8H15ClN3O6P. The number of rotatable bonds is 6. The van der Waals surface area contributed by atoms with Gasteiger partial charge in [-0.2, -0.15) is 4.98 Å². The van der Waals surface area contributed by atoms with E-state index >= 15 is 0 Å². The van der Waals surface area contributed by atoms with Crippen molar-refractivity contribution in [3.63, 3.8) is 0 Å². The molecule has 11 heteroatoms. The molecule has 0 amide bonds. The van der Waals surface area contributed by atoms with Crippen LogP contribution in [0.3, 0.4) is 0 Å². The molecule has 0 fully saturated rings. The highest BCUT2D eigenvalue weighted by Crippen LogP contribution is 2.34. The molecule has 1 atom stereocenters. The van der Waals surface area contributed by atoms with Crippen LogP contribution >= 0.6 is 20.0 Å². The lowest BCUT2D eigenvalue weighted by molar-refractivity contribution is 0.0188. The maximum absolute atomic E-state index is 11.4. The highest BCUT2D eigenvalue weighted by molar-refractivity contribution is 7.51. The quantitative estimate of drug-likeness (QED) is 0.476. The third-order valence-corrected chi connectivity index (χ3v) is 2.46. The summed E-state index contributed by atoms with van der Waals surface area (Å²) in [6.07, 6.45) is -0.385. The van der Waals surface area contributed by atoms with Crippen LogP contribution in [0.2, 0.25) is 0 Å². The van der Waals surface area contributed by atoms with Gasteiger partial charge in [0.15, 0.2) is 0 Å². The lowest BCUT2D eigenvalue weighted by Gasteiger charge is -2.16. The number of nitrogens with two attached hydrogens (primary N) is 1. The monoisotopic (exact) mass is 315 g/mol. The van der Waals surface area contributed by atoms with Gasteiger partial charge in [-0.3, -0.25) is 9.13 Å². The molecule has 0 aliphatic carbocycles. The molecule has 0 saturated carbocycles. The van der Waals surface area contributed by atoms with E-state index < -0.39 is 32.3 Å². The molecule has 1 aromatic heterocycles. The molecule has 19 heavy (non-hydrogen) atoms. The van der Waals surface area contributed by atoms with Gasteiger partial charge >= 0.3 is 13.3 Å².